The highest BCUT2D eigenvalue weighted by atomic mass is 16.5. The van der Waals surface area contributed by atoms with E-state index in [-0.39, 0.29) is 5.60 Å². The summed E-state index contributed by atoms with van der Waals surface area (Å²) in [5, 5.41) is 3.14. The summed E-state index contributed by atoms with van der Waals surface area (Å²) in [7, 11) is 1.93. The van der Waals surface area contributed by atoms with Gasteiger partial charge < -0.3 is 10.1 Å². The van der Waals surface area contributed by atoms with Gasteiger partial charge in [0.15, 0.2) is 0 Å². The molecule has 0 spiro atoms. The maximum absolute atomic E-state index is 5.97. The Kier molecular flexibility index (Phi) is 4.23. The Hall–Kier alpha value is -1.80. The van der Waals surface area contributed by atoms with Crippen molar-refractivity contribution in [2.75, 3.05) is 13.6 Å². The van der Waals surface area contributed by atoms with Crippen molar-refractivity contribution in [3.05, 3.63) is 54.6 Å². The average Bonchev–Trinajstić information content (AvgIpc) is 2.40. The summed E-state index contributed by atoms with van der Waals surface area (Å²) in [6, 6.07) is 18.6. The monoisotopic (exact) mass is 255 g/mol. The quantitative estimate of drug-likeness (QED) is 0.879. The maximum atomic E-state index is 5.97. The number of hydrogen-bond acceptors (Lipinski definition) is 2. The highest BCUT2D eigenvalue weighted by Crippen LogP contribution is 2.24. The molecule has 1 N–H and O–H groups in total. The molecule has 0 saturated carbocycles. The lowest BCUT2D eigenvalue weighted by atomic mass is 10.1. The Bertz CT molecular complexity index is 503. The summed E-state index contributed by atoms with van der Waals surface area (Å²) in [6.45, 7) is 4.97. The fraction of sp³-hybridized carbons (Fsp3) is 0.294. The van der Waals surface area contributed by atoms with Crippen molar-refractivity contribution < 1.29 is 4.74 Å². The van der Waals surface area contributed by atoms with Crippen molar-refractivity contribution >= 4 is 0 Å². The molecule has 0 aliphatic heterocycles. The zero-order valence-electron chi connectivity index (χ0n) is 11.8. The van der Waals surface area contributed by atoms with Crippen molar-refractivity contribution in [3.8, 4) is 16.9 Å². The second-order valence-electron chi connectivity index (χ2n) is 5.28. The molecule has 0 saturated heterocycles. The van der Waals surface area contributed by atoms with E-state index in [0.717, 1.165) is 12.3 Å². The molecular formula is C17H21NO. The topological polar surface area (TPSA) is 21.3 Å². The van der Waals surface area contributed by atoms with Gasteiger partial charge in [0.25, 0.3) is 0 Å². The highest BCUT2D eigenvalue weighted by molar-refractivity contribution is 5.63. The molecule has 2 rings (SSSR count). The molecule has 100 valence electrons. The maximum Gasteiger partial charge on any atom is 0.120 e. The minimum atomic E-state index is -0.205. The van der Waals surface area contributed by atoms with Gasteiger partial charge in [0.05, 0.1) is 0 Å². The molecule has 0 aromatic heterocycles. The molecule has 0 aliphatic carbocycles. The summed E-state index contributed by atoms with van der Waals surface area (Å²) >= 11 is 0. The number of rotatable bonds is 5. The molecule has 2 nitrogen and oxygen atoms in total. The van der Waals surface area contributed by atoms with Crippen molar-refractivity contribution in [1.29, 1.82) is 0 Å². The minimum Gasteiger partial charge on any atom is -0.487 e. The van der Waals surface area contributed by atoms with Crippen LogP contribution < -0.4 is 10.1 Å². The van der Waals surface area contributed by atoms with Crippen molar-refractivity contribution in [2.24, 2.45) is 0 Å². The SMILES string of the molecule is CNCC(C)(C)Oc1ccc(-c2ccccc2)cc1. The van der Waals surface area contributed by atoms with Crippen LogP contribution in [0.3, 0.4) is 0 Å². The zero-order valence-corrected chi connectivity index (χ0v) is 11.8. The van der Waals surface area contributed by atoms with Crippen LogP contribution >= 0.6 is 0 Å². The lowest BCUT2D eigenvalue weighted by Gasteiger charge is -2.26. The lowest BCUT2D eigenvalue weighted by molar-refractivity contribution is 0.110. The van der Waals surface area contributed by atoms with E-state index in [0.29, 0.717) is 0 Å². The van der Waals surface area contributed by atoms with E-state index in [1.165, 1.54) is 11.1 Å². The van der Waals surface area contributed by atoms with Crippen LogP contribution in [0.15, 0.2) is 54.6 Å². The largest absolute Gasteiger partial charge is 0.487 e. The molecule has 0 fully saturated rings. The second-order valence-corrected chi connectivity index (χ2v) is 5.28. The zero-order chi connectivity index (χ0) is 13.7. The van der Waals surface area contributed by atoms with E-state index in [4.69, 9.17) is 4.74 Å². The van der Waals surface area contributed by atoms with Gasteiger partial charge in [-0.25, -0.2) is 0 Å². The second kappa shape index (κ2) is 5.89. The van der Waals surface area contributed by atoms with Gasteiger partial charge >= 0.3 is 0 Å². The van der Waals surface area contributed by atoms with Crippen LogP contribution in [0.2, 0.25) is 0 Å². The van der Waals surface area contributed by atoms with E-state index in [9.17, 15) is 0 Å². The third kappa shape index (κ3) is 3.83. The summed E-state index contributed by atoms with van der Waals surface area (Å²) in [5.41, 5.74) is 2.23. The Balaban J connectivity index is 2.11. The average molecular weight is 255 g/mol. The van der Waals surface area contributed by atoms with Crippen LogP contribution in [0, 0.1) is 0 Å². The first-order chi connectivity index (χ1) is 9.11. The molecule has 0 atom stereocenters. The number of benzene rings is 2. The predicted octanol–water partition coefficient (Wildman–Crippen LogP) is 3.73. The fourth-order valence-electron chi connectivity index (χ4n) is 2.13. The lowest BCUT2D eigenvalue weighted by Crippen LogP contribution is -2.38. The Labute approximate surface area is 115 Å². The molecule has 2 heteroatoms. The Morgan fingerprint density at radius 2 is 1.47 bits per heavy atom. The van der Waals surface area contributed by atoms with Crippen LogP contribution in [0.4, 0.5) is 0 Å². The molecule has 0 heterocycles. The van der Waals surface area contributed by atoms with E-state index >= 15 is 0 Å². The van der Waals surface area contributed by atoms with Crippen LogP contribution in [0.25, 0.3) is 11.1 Å². The molecule has 0 unspecified atom stereocenters. The predicted molar refractivity (Wildman–Crippen MR) is 80.5 cm³/mol. The molecule has 2 aromatic carbocycles. The highest BCUT2D eigenvalue weighted by Gasteiger charge is 2.18. The van der Waals surface area contributed by atoms with Crippen LogP contribution in [0.1, 0.15) is 13.8 Å². The van der Waals surface area contributed by atoms with Crippen molar-refractivity contribution in [2.45, 2.75) is 19.4 Å². The molecule has 2 aromatic rings. The molecule has 0 amide bonds. The minimum absolute atomic E-state index is 0.205. The third-order valence-corrected chi connectivity index (χ3v) is 2.96. The van der Waals surface area contributed by atoms with Crippen LogP contribution in [-0.4, -0.2) is 19.2 Å². The van der Waals surface area contributed by atoms with E-state index in [1.807, 2.05) is 25.2 Å². The van der Waals surface area contributed by atoms with Gasteiger partial charge in [-0.2, -0.15) is 0 Å². The van der Waals surface area contributed by atoms with Crippen molar-refractivity contribution in [1.82, 2.24) is 5.32 Å². The van der Waals surface area contributed by atoms with Crippen LogP contribution in [0.5, 0.6) is 5.75 Å². The van der Waals surface area contributed by atoms with E-state index in [2.05, 4.69) is 55.6 Å². The van der Waals surface area contributed by atoms with Gasteiger partial charge in [0.1, 0.15) is 11.4 Å². The molecule has 0 radical (unpaired) electrons. The molecular weight excluding hydrogens is 234 g/mol. The van der Waals surface area contributed by atoms with Gasteiger partial charge in [-0.05, 0) is 44.2 Å². The van der Waals surface area contributed by atoms with Crippen LogP contribution in [-0.2, 0) is 0 Å². The van der Waals surface area contributed by atoms with Crippen molar-refractivity contribution in [3.63, 3.8) is 0 Å². The van der Waals surface area contributed by atoms with Gasteiger partial charge in [0.2, 0.25) is 0 Å². The first kappa shape index (κ1) is 13.6. The van der Waals surface area contributed by atoms with Gasteiger partial charge in [-0.3, -0.25) is 0 Å². The summed E-state index contributed by atoms with van der Waals surface area (Å²) in [6.07, 6.45) is 0. The number of likely N-dealkylation sites (N-methyl/N-ethyl adjacent to an activating group) is 1. The first-order valence-electron chi connectivity index (χ1n) is 6.60. The molecule has 19 heavy (non-hydrogen) atoms. The summed E-state index contributed by atoms with van der Waals surface area (Å²) < 4.78 is 5.97. The first-order valence-corrected chi connectivity index (χ1v) is 6.60. The number of nitrogens with one attached hydrogen (secondary N) is 1. The van der Waals surface area contributed by atoms with Gasteiger partial charge in [0, 0.05) is 6.54 Å². The Morgan fingerprint density at radius 1 is 0.895 bits per heavy atom. The Morgan fingerprint density at radius 3 is 2.05 bits per heavy atom. The molecule has 0 bridgehead atoms. The van der Waals surface area contributed by atoms with Gasteiger partial charge in [-0.1, -0.05) is 42.5 Å². The normalized spacial score (nSPS) is 11.3. The summed E-state index contributed by atoms with van der Waals surface area (Å²) in [5.74, 6) is 0.903. The third-order valence-electron chi connectivity index (χ3n) is 2.96. The number of ether oxygens (including phenoxy) is 1. The fourth-order valence-corrected chi connectivity index (χ4v) is 2.13. The van der Waals surface area contributed by atoms with Gasteiger partial charge in [-0.15, -0.1) is 0 Å². The standard InChI is InChI=1S/C17H21NO/c1-17(2,13-18-3)19-16-11-9-15(10-12-16)14-7-5-4-6-8-14/h4-12,18H,13H2,1-3H3. The van der Waals surface area contributed by atoms with E-state index in [1.54, 1.807) is 0 Å². The summed E-state index contributed by atoms with van der Waals surface area (Å²) in [4.78, 5) is 0. The number of hydrogen-bond donors (Lipinski definition) is 1. The smallest absolute Gasteiger partial charge is 0.120 e. The van der Waals surface area contributed by atoms with E-state index < -0.39 is 0 Å². The molecule has 0 aliphatic rings.